The first-order valence-corrected chi connectivity index (χ1v) is 15.6. The molecule has 2 aromatic carbocycles. The third-order valence-corrected chi connectivity index (χ3v) is 9.20. The molecule has 0 bridgehead atoms. The fraction of sp³-hybridized carbons (Fsp3) is 0.517. The summed E-state index contributed by atoms with van der Waals surface area (Å²) in [5, 5.41) is 18.5. The number of guanidine groups is 1. The molecular weight excluding hydrogens is 560 g/mol. The van der Waals surface area contributed by atoms with E-state index in [2.05, 4.69) is 4.72 Å². The van der Waals surface area contributed by atoms with Gasteiger partial charge in [-0.25, -0.2) is 8.42 Å². The Morgan fingerprint density at radius 1 is 1.12 bits per heavy atom. The van der Waals surface area contributed by atoms with Gasteiger partial charge >= 0.3 is 5.97 Å². The van der Waals surface area contributed by atoms with Crippen molar-refractivity contribution in [1.82, 2.24) is 19.4 Å². The Hall–Kier alpha value is -3.71. The Morgan fingerprint density at radius 3 is 2.48 bits per heavy atom. The van der Waals surface area contributed by atoms with E-state index in [-0.39, 0.29) is 48.6 Å². The number of fused-ring (bicyclic) bond motifs is 1. The summed E-state index contributed by atoms with van der Waals surface area (Å²) >= 11 is 0. The molecular formula is C29H42N6O6S. The van der Waals surface area contributed by atoms with Crippen molar-refractivity contribution in [3.8, 4) is 0 Å². The Bertz CT molecular complexity index is 1400. The number of benzene rings is 2. The van der Waals surface area contributed by atoms with Crippen LogP contribution in [0.4, 0.5) is 0 Å². The van der Waals surface area contributed by atoms with Gasteiger partial charge in [0.05, 0.1) is 17.4 Å². The molecule has 0 saturated carbocycles. The van der Waals surface area contributed by atoms with Crippen LogP contribution < -0.4 is 10.5 Å². The highest BCUT2D eigenvalue weighted by Crippen LogP contribution is 2.20. The molecule has 230 valence electrons. The molecule has 3 atom stereocenters. The molecule has 1 saturated heterocycles. The molecule has 5 N–H and O–H groups in total. The largest absolute Gasteiger partial charge is 0.481 e. The molecule has 3 unspecified atom stereocenters. The maximum atomic E-state index is 13.3. The quantitative estimate of drug-likeness (QED) is 0.198. The molecule has 1 aliphatic heterocycles. The lowest BCUT2D eigenvalue weighted by Gasteiger charge is -2.35. The van der Waals surface area contributed by atoms with Crippen molar-refractivity contribution in [3.05, 3.63) is 42.5 Å². The van der Waals surface area contributed by atoms with Crippen molar-refractivity contribution in [2.45, 2.75) is 50.5 Å². The maximum Gasteiger partial charge on any atom is 0.305 e. The first-order valence-electron chi connectivity index (χ1n) is 14.1. The molecule has 0 aliphatic carbocycles. The van der Waals surface area contributed by atoms with Crippen LogP contribution in [0, 0.1) is 17.2 Å². The van der Waals surface area contributed by atoms with Gasteiger partial charge in [-0.1, -0.05) is 37.3 Å². The third-order valence-electron chi connectivity index (χ3n) is 7.66. The molecule has 3 rings (SSSR count). The predicted molar refractivity (Wildman–Crippen MR) is 160 cm³/mol. The molecule has 42 heavy (non-hydrogen) atoms. The Labute approximate surface area is 247 Å². The minimum Gasteiger partial charge on any atom is -0.481 e. The van der Waals surface area contributed by atoms with Crippen LogP contribution in [0.25, 0.3) is 10.8 Å². The summed E-state index contributed by atoms with van der Waals surface area (Å²) < 4.78 is 28.6. The summed E-state index contributed by atoms with van der Waals surface area (Å²) in [5.41, 5.74) is 5.63. The number of nitrogens with two attached hydrogens (primary N) is 1. The average Bonchev–Trinajstić information content (AvgIpc) is 2.95. The Kier molecular flexibility index (Phi) is 11.3. The van der Waals surface area contributed by atoms with E-state index in [1.54, 1.807) is 42.0 Å². The highest BCUT2D eigenvalue weighted by molar-refractivity contribution is 7.89. The number of hydrogen-bond acceptors (Lipinski definition) is 6. The number of piperidine rings is 1. The van der Waals surface area contributed by atoms with Crippen LogP contribution >= 0.6 is 0 Å². The summed E-state index contributed by atoms with van der Waals surface area (Å²) in [6.45, 7) is 5.02. The summed E-state index contributed by atoms with van der Waals surface area (Å²) in [7, 11) is -2.31. The number of nitrogens with one attached hydrogen (secondary N) is 2. The van der Waals surface area contributed by atoms with Crippen molar-refractivity contribution in [2.24, 2.45) is 17.6 Å². The molecule has 0 spiro atoms. The normalized spacial score (nSPS) is 16.9. The highest BCUT2D eigenvalue weighted by Gasteiger charge is 2.29. The van der Waals surface area contributed by atoms with Crippen LogP contribution in [0.5, 0.6) is 0 Å². The molecule has 2 aromatic rings. The zero-order valence-electron chi connectivity index (χ0n) is 24.5. The topological polar surface area (TPSA) is 177 Å². The Morgan fingerprint density at radius 2 is 1.81 bits per heavy atom. The number of aliphatic carboxylic acids is 1. The van der Waals surface area contributed by atoms with Gasteiger partial charge in [0.2, 0.25) is 21.8 Å². The zero-order chi connectivity index (χ0) is 31.0. The Balaban J connectivity index is 1.61. The molecule has 1 aliphatic rings. The first-order chi connectivity index (χ1) is 19.8. The number of carboxylic acid groups (broad SMARTS) is 1. The van der Waals surface area contributed by atoms with Gasteiger partial charge in [-0.2, -0.15) is 4.72 Å². The van der Waals surface area contributed by atoms with Gasteiger partial charge in [-0.15, -0.1) is 0 Å². The van der Waals surface area contributed by atoms with E-state index < -0.39 is 33.9 Å². The summed E-state index contributed by atoms with van der Waals surface area (Å²) in [4.78, 5) is 42.5. The van der Waals surface area contributed by atoms with Crippen LogP contribution in [0.15, 0.2) is 47.4 Å². The van der Waals surface area contributed by atoms with E-state index in [9.17, 15) is 27.9 Å². The molecule has 12 nitrogen and oxygen atoms in total. The predicted octanol–water partition coefficient (Wildman–Crippen LogP) is 1.90. The number of nitrogens with zero attached hydrogens (tertiary/aromatic N) is 3. The van der Waals surface area contributed by atoms with E-state index in [0.29, 0.717) is 13.1 Å². The van der Waals surface area contributed by atoms with Gasteiger partial charge in [-0.3, -0.25) is 19.8 Å². The number of amides is 2. The fourth-order valence-electron chi connectivity index (χ4n) is 5.28. The second-order valence-corrected chi connectivity index (χ2v) is 12.8. The second-order valence-electron chi connectivity index (χ2n) is 11.1. The van der Waals surface area contributed by atoms with Gasteiger partial charge in [0.25, 0.3) is 0 Å². The first kappa shape index (κ1) is 32.8. The average molecular weight is 603 g/mol. The van der Waals surface area contributed by atoms with Crippen molar-refractivity contribution in [1.29, 1.82) is 5.41 Å². The standard InChI is InChI=1S/C29H42N6O6S/c1-20(27(38)33(3)18-22-7-6-14-35(19-22)29(30)31)12-15-34(16-13-26(36)37)28(39)21(2)32-42(40,41)25-11-10-23-8-4-5-9-24(23)17-25/h4-5,8-11,17,20-22,32H,6-7,12-16,18-19H2,1-3H3,(H3,30,31)(H,36,37). The van der Waals surface area contributed by atoms with Crippen LogP contribution in [0.3, 0.4) is 0 Å². The molecule has 1 heterocycles. The maximum absolute atomic E-state index is 13.3. The van der Waals surface area contributed by atoms with Gasteiger partial charge in [0.15, 0.2) is 5.96 Å². The molecule has 0 radical (unpaired) electrons. The lowest BCUT2D eigenvalue weighted by atomic mass is 9.97. The fourth-order valence-corrected chi connectivity index (χ4v) is 6.51. The monoisotopic (exact) mass is 602 g/mol. The number of carbonyl (C=O) groups excluding carboxylic acids is 2. The molecule has 13 heteroatoms. The van der Waals surface area contributed by atoms with Gasteiger partial charge in [0, 0.05) is 45.7 Å². The van der Waals surface area contributed by atoms with E-state index in [0.717, 1.165) is 30.2 Å². The van der Waals surface area contributed by atoms with Crippen LogP contribution in [0.1, 0.15) is 39.5 Å². The van der Waals surface area contributed by atoms with Gasteiger partial charge in [0.1, 0.15) is 0 Å². The lowest BCUT2D eigenvalue weighted by molar-refractivity contribution is -0.140. The van der Waals surface area contributed by atoms with Crippen LogP contribution in [-0.4, -0.2) is 97.8 Å². The molecule has 0 aromatic heterocycles. The minimum atomic E-state index is -4.04. The van der Waals surface area contributed by atoms with Crippen molar-refractivity contribution in [2.75, 3.05) is 39.8 Å². The summed E-state index contributed by atoms with van der Waals surface area (Å²) in [6.07, 6.45) is 1.79. The van der Waals surface area contributed by atoms with E-state index in [1.807, 2.05) is 12.1 Å². The summed E-state index contributed by atoms with van der Waals surface area (Å²) in [6, 6.07) is 10.9. The van der Waals surface area contributed by atoms with E-state index in [4.69, 9.17) is 11.1 Å². The number of rotatable bonds is 13. The van der Waals surface area contributed by atoms with E-state index in [1.165, 1.54) is 24.0 Å². The molecule has 1 fully saturated rings. The highest BCUT2D eigenvalue weighted by atomic mass is 32.2. The SMILES string of the molecule is CC(CCN(CCC(=O)O)C(=O)C(C)NS(=O)(=O)c1ccc2ccccc2c1)C(=O)N(C)CC1CCCN(C(=N)N)C1. The van der Waals surface area contributed by atoms with Gasteiger partial charge < -0.3 is 25.5 Å². The van der Waals surface area contributed by atoms with Gasteiger partial charge in [-0.05, 0) is 55.0 Å². The van der Waals surface area contributed by atoms with Crippen LogP contribution in [-0.2, 0) is 24.4 Å². The number of likely N-dealkylation sites (tertiary alicyclic amines) is 1. The molecule has 2 amide bonds. The number of carbonyl (C=O) groups is 3. The van der Waals surface area contributed by atoms with Crippen molar-refractivity contribution in [3.63, 3.8) is 0 Å². The number of carboxylic acids is 1. The van der Waals surface area contributed by atoms with Crippen molar-refractivity contribution < 1.29 is 27.9 Å². The minimum absolute atomic E-state index is 0.0181. The van der Waals surface area contributed by atoms with Crippen molar-refractivity contribution >= 4 is 44.5 Å². The number of hydrogen-bond donors (Lipinski definition) is 4. The smallest absolute Gasteiger partial charge is 0.305 e. The third kappa shape index (κ3) is 8.89. The van der Waals surface area contributed by atoms with Crippen LogP contribution in [0.2, 0.25) is 0 Å². The second kappa shape index (κ2) is 14.5. The number of sulfonamides is 1. The summed E-state index contributed by atoms with van der Waals surface area (Å²) in [5.74, 6) is -2.00. The van der Waals surface area contributed by atoms with E-state index >= 15 is 0 Å². The lowest BCUT2D eigenvalue weighted by Crippen LogP contribution is -2.48. The zero-order valence-corrected chi connectivity index (χ0v) is 25.3.